The number of aromatic nitrogens is 1. The van der Waals surface area contributed by atoms with Crippen molar-refractivity contribution in [1.29, 1.82) is 0 Å². The van der Waals surface area contributed by atoms with E-state index in [1.807, 2.05) is 12.1 Å². The number of carboxylic acid groups (broad SMARTS) is 1. The van der Waals surface area contributed by atoms with Crippen LogP contribution in [0.5, 0.6) is 11.5 Å². The monoisotopic (exact) mass is 356 g/mol. The smallest absolute Gasteiger partial charge is 0.326 e. The summed E-state index contributed by atoms with van der Waals surface area (Å²) in [4.78, 5) is 15.1. The van der Waals surface area contributed by atoms with Gasteiger partial charge in [0.05, 0.1) is 10.2 Å². The Morgan fingerprint density at radius 3 is 3.05 bits per heavy atom. The number of nitrogens with two attached hydrogens (primary N) is 1. The van der Waals surface area contributed by atoms with Gasteiger partial charge < -0.3 is 20.3 Å². The van der Waals surface area contributed by atoms with Gasteiger partial charge in [-0.3, -0.25) is 4.79 Å². The van der Waals surface area contributed by atoms with E-state index in [9.17, 15) is 4.79 Å². The Morgan fingerprint density at radius 2 is 2.30 bits per heavy atom. The zero-order valence-electron chi connectivity index (χ0n) is 10.00. The maximum atomic E-state index is 10.8. The highest BCUT2D eigenvalue weighted by Gasteiger charge is 2.21. The van der Waals surface area contributed by atoms with Crippen LogP contribution in [0.15, 0.2) is 22.0 Å². The van der Waals surface area contributed by atoms with Crippen LogP contribution in [0, 0.1) is 0 Å². The first-order valence-electron chi connectivity index (χ1n) is 5.59. The molecule has 3 rings (SSSR count). The van der Waals surface area contributed by atoms with Gasteiger partial charge in [-0.15, -0.1) is 11.3 Å². The molecule has 1 atom stereocenters. The summed E-state index contributed by atoms with van der Waals surface area (Å²) in [6, 6.07) is 2.54. The Morgan fingerprint density at radius 1 is 1.50 bits per heavy atom. The number of thiazole rings is 1. The summed E-state index contributed by atoms with van der Waals surface area (Å²) >= 11 is 4.74. The van der Waals surface area contributed by atoms with E-state index < -0.39 is 12.0 Å². The van der Waals surface area contributed by atoms with Crippen molar-refractivity contribution in [2.24, 2.45) is 5.73 Å². The summed E-state index contributed by atoms with van der Waals surface area (Å²) in [6.45, 7) is 0.185. The van der Waals surface area contributed by atoms with E-state index in [2.05, 4.69) is 20.9 Å². The van der Waals surface area contributed by atoms with Gasteiger partial charge in [0, 0.05) is 10.9 Å². The second-order valence-corrected chi connectivity index (χ2v) is 5.80. The maximum absolute atomic E-state index is 10.8. The van der Waals surface area contributed by atoms with E-state index in [0.29, 0.717) is 22.2 Å². The third-order valence-electron chi connectivity index (χ3n) is 2.78. The van der Waals surface area contributed by atoms with Crippen LogP contribution in [0.25, 0.3) is 10.6 Å². The van der Waals surface area contributed by atoms with Gasteiger partial charge in [0.15, 0.2) is 11.5 Å². The van der Waals surface area contributed by atoms with Crippen molar-refractivity contribution in [3.63, 3.8) is 0 Å². The number of hydrogen-bond acceptors (Lipinski definition) is 6. The van der Waals surface area contributed by atoms with Gasteiger partial charge in [-0.2, -0.15) is 0 Å². The summed E-state index contributed by atoms with van der Waals surface area (Å²) in [5.41, 5.74) is 6.69. The van der Waals surface area contributed by atoms with Crippen LogP contribution < -0.4 is 15.2 Å². The van der Waals surface area contributed by atoms with E-state index in [-0.39, 0.29) is 6.79 Å². The van der Waals surface area contributed by atoms with E-state index in [4.69, 9.17) is 20.3 Å². The molecule has 104 valence electrons. The third kappa shape index (κ3) is 2.26. The van der Waals surface area contributed by atoms with Crippen molar-refractivity contribution in [2.75, 3.05) is 6.79 Å². The molecule has 0 saturated heterocycles. The van der Waals surface area contributed by atoms with Crippen molar-refractivity contribution < 1.29 is 19.4 Å². The van der Waals surface area contributed by atoms with Crippen molar-refractivity contribution >= 4 is 33.2 Å². The van der Waals surface area contributed by atoms with Gasteiger partial charge >= 0.3 is 5.97 Å². The lowest BCUT2D eigenvalue weighted by molar-refractivity contribution is -0.138. The minimum atomic E-state index is -1.11. The van der Waals surface area contributed by atoms with Gasteiger partial charge in [0.1, 0.15) is 11.0 Å². The summed E-state index contributed by atoms with van der Waals surface area (Å²) in [5.74, 6) is 0.190. The third-order valence-corrected chi connectivity index (χ3v) is 4.28. The Bertz CT molecular complexity index is 688. The number of carbonyl (C=O) groups is 1. The predicted octanol–water partition coefficient (Wildman–Crippen LogP) is 2.39. The minimum absolute atomic E-state index is 0.185. The van der Waals surface area contributed by atoms with Crippen LogP contribution in [-0.2, 0) is 4.79 Å². The maximum Gasteiger partial charge on any atom is 0.326 e. The van der Waals surface area contributed by atoms with Gasteiger partial charge in [0.2, 0.25) is 6.79 Å². The molecule has 6 nitrogen and oxygen atoms in total. The first-order chi connectivity index (χ1) is 9.56. The Labute approximate surface area is 126 Å². The number of benzene rings is 1. The molecular formula is C12H9BrN2O4S. The van der Waals surface area contributed by atoms with Crippen LogP contribution >= 0.6 is 27.3 Å². The van der Waals surface area contributed by atoms with Crippen LogP contribution in [0.4, 0.5) is 0 Å². The van der Waals surface area contributed by atoms with Crippen LogP contribution in [0.1, 0.15) is 11.7 Å². The first kappa shape index (κ1) is 13.3. The van der Waals surface area contributed by atoms with Crippen molar-refractivity contribution in [2.45, 2.75) is 6.04 Å². The molecule has 2 heterocycles. The molecule has 0 aliphatic carbocycles. The Kier molecular flexibility index (Phi) is 3.36. The molecule has 0 spiro atoms. The zero-order chi connectivity index (χ0) is 14.3. The van der Waals surface area contributed by atoms with E-state index in [0.717, 1.165) is 10.0 Å². The van der Waals surface area contributed by atoms with Crippen molar-refractivity contribution in [1.82, 2.24) is 4.98 Å². The fraction of sp³-hybridized carbons (Fsp3) is 0.167. The summed E-state index contributed by atoms with van der Waals surface area (Å²) in [7, 11) is 0. The number of fused-ring (bicyclic) bond motifs is 1. The van der Waals surface area contributed by atoms with Crippen LogP contribution in [-0.4, -0.2) is 22.9 Å². The summed E-state index contributed by atoms with van der Waals surface area (Å²) in [6.07, 6.45) is 0. The molecule has 20 heavy (non-hydrogen) atoms. The largest absolute Gasteiger partial charge is 0.480 e. The molecule has 1 aliphatic rings. The SMILES string of the molecule is NC(C(=O)O)c1csc(-c2cc(Br)c3c(c2)OCO3)n1. The highest BCUT2D eigenvalue weighted by molar-refractivity contribution is 9.10. The fourth-order valence-electron chi connectivity index (χ4n) is 1.78. The second kappa shape index (κ2) is 5.04. The molecule has 0 amide bonds. The average molecular weight is 357 g/mol. The average Bonchev–Trinajstić information content (AvgIpc) is 3.06. The molecule has 0 radical (unpaired) electrons. The van der Waals surface area contributed by atoms with E-state index >= 15 is 0 Å². The lowest BCUT2D eigenvalue weighted by atomic mass is 10.2. The minimum Gasteiger partial charge on any atom is -0.480 e. The molecule has 1 aromatic carbocycles. The van der Waals surface area contributed by atoms with Gasteiger partial charge in [-0.05, 0) is 28.1 Å². The van der Waals surface area contributed by atoms with Crippen LogP contribution in [0.2, 0.25) is 0 Å². The Balaban J connectivity index is 1.98. The number of nitrogens with zero attached hydrogens (tertiary/aromatic N) is 1. The van der Waals surface area contributed by atoms with E-state index in [1.54, 1.807) is 5.38 Å². The highest BCUT2D eigenvalue weighted by atomic mass is 79.9. The lowest BCUT2D eigenvalue weighted by Gasteiger charge is -2.03. The molecule has 1 unspecified atom stereocenters. The summed E-state index contributed by atoms with van der Waals surface area (Å²) in [5, 5.41) is 11.2. The first-order valence-corrected chi connectivity index (χ1v) is 7.27. The molecular weight excluding hydrogens is 348 g/mol. The molecule has 2 aromatic rings. The van der Waals surface area contributed by atoms with Crippen LogP contribution in [0.3, 0.4) is 0 Å². The van der Waals surface area contributed by atoms with Crippen molar-refractivity contribution in [3.05, 3.63) is 27.7 Å². The standard InChI is InChI=1S/C12H9BrN2O4S/c13-6-1-5(2-8-10(6)19-4-18-8)11-15-7(3-20-11)9(14)12(16)17/h1-3,9H,4,14H2,(H,16,17). The number of ether oxygens (including phenoxy) is 2. The number of aliphatic carboxylic acids is 1. The molecule has 0 bridgehead atoms. The van der Waals surface area contributed by atoms with Gasteiger partial charge in [-0.1, -0.05) is 0 Å². The number of hydrogen-bond donors (Lipinski definition) is 2. The quantitative estimate of drug-likeness (QED) is 0.876. The number of halogens is 1. The molecule has 1 aromatic heterocycles. The predicted molar refractivity (Wildman–Crippen MR) is 75.9 cm³/mol. The molecule has 0 fully saturated rings. The molecule has 8 heteroatoms. The van der Waals surface area contributed by atoms with E-state index in [1.165, 1.54) is 11.3 Å². The fourth-order valence-corrected chi connectivity index (χ4v) is 3.18. The summed E-state index contributed by atoms with van der Waals surface area (Å²) < 4.78 is 11.4. The Hall–Kier alpha value is -1.64. The zero-order valence-corrected chi connectivity index (χ0v) is 12.4. The second-order valence-electron chi connectivity index (χ2n) is 4.09. The molecule has 1 aliphatic heterocycles. The van der Waals surface area contributed by atoms with Gasteiger partial charge in [0.25, 0.3) is 0 Å². The molecule has 3 N–H and O–H groups in total. The number of rotatable bonds is 3. The normalized spacial score (nSPS) is 14.3. The van der Waals surface area contributed by atoms with Gasteiger partial charge in [-0.25, -0.2) is 4.98 Å². The topological polar surface area (TPSA) is 94.7 Å². The number of carboxylic acids is 1. The molecule has 0 saturated carbocycles. The lowest BCUT2D eigenvalue weighted by Crippen LogP contribution is -2.20. The van der Waals surface area contributed by atoms with Crippen molar-refractivity contribution in [3.8, 4) is 22.1 Å². The highest BCUT2D eigenvalue weighted by Crippen LogP contribution is 2.43.